The van der Waals surface area contributed by atoms with Crippen LogP contribution in [0.2, 0.25) is 0 Å². The van der Waals surface area contributed by atoms with E-state index < -0.39 is 0 Å². The van der Waals surface area contributed by atoms with Crippen LogP contribution in [0.4, 0.5) is 0 Å². The molecule has 0 radical (unpaired) electrons. The molecular weight excluding hydrogens is 306 g/mol. The van der Waals surface area contributed by atoms with Crippen molar-refractivity contribution in [3.63, 3.8) is 0 Å². The van der Waals surface area contributed by atoms with Gasteiger partial charge in [-0.25, -0.2) is 0 Å². The number of benzene rings is 1. The number of nitrogens with zero attached hydrogens (tertiary/aromatic N) is 1. The molecule has 2 unspecified atom stereocenters. The minimum absolute atomic E-state index is 0.00817. The van der Waals surface area contributed by atoms with E-state index in [9.17, 15) is 0 Å². The number of rotatable bonds is 8. The Kier molecular flexibility index (Phi) is 7.68. The molecule has 6 nitrogen and oxygen atoms in total. The van der Waals surface area contributed by atoms with Crippen LogP contribution in [0.5, 0.6) is 11.5 Å². The molecule has 0 bridgehead atoms. The third-order valence-electron chi connectivity index (χ3n) is 3.94. The van der Waals surface area contributed by atoms with Crippen molar-refractivity contribution in [3.8, 4) is 11.5 Å². The summed E-state index contributed by atoms with van der Waals surface area (Å²) in [5.41, 5.74) is 0. The highest BCUT2D eigenvalue weighted by atomic mass is 16.5. The minimum atomic E-state index is 0.00817. The van der Waals surface area contributed by atoms with Crippen molar-refractivity contribution in [1.82, 2.24) is 10.6 Å². The summed E-state index contributed by atoms with van der Waals surface area (Å²) in [4.78, 5) is 4.24. The number of nitrogens with one attached hydrogen (secondary N) is 2. The summed E-state index contributed by atoms with van der Waals surface area (Å²) >= 11 is 0. The van der Waals surface area contributed by atoms with Crippen molar-refractivity contribution < 1.29 is 14.2 Å². The lowest BCUT2D eigenvalue weighted by atomic mass is 10.2. The first-order valence-corrected chi connectivity index (χ1v) is 8.58. The van der Waals surface area contributed by atoms with Crippen LogP contribution < -0.4 is 20.1 Å². The maximum atomic E-state index is 5.89. The molecular formula is C18H29N3O3. The molecule has 1 aliphatic rings. The van der Waals surface area contributed by atoms with Gasteiger partial charge in [-0.1, -0.05) is 6.07 Å². The Morgan fingerprint density at radius 2 is 2.21 bits per heavy atom. The Hall–Kier alpha value is -1.95. The smallest absolute Gasteiger partial charge is 0.191 e. The first-order chi connectivity index (χ1) is 11.7. The third kappa shape index (κ3) is 6.28. The van der Waals surface area contributed by atoms with Crippen LogP contribution in [0.1, 0.15) is 26.2 Å². The summed E-state index contributed by atoms with van der Waals surface area (Å²) in [5, 5.41) is 6.60. The number of aliphatic imine (C=N–C) groups is 1. The normalized spacial score (nSPS) is 19.0. The standard InChI is InChI=1S/C18H29N3O3/c1-14(24-17-7-4-6-16(12-17)22-3)13-21-18(19-2)20-10-9-15-8-5-11-23-15/h4,6-7,12,14-15H,5,8-11,13H2,1-3H3,(H2,19,20,21). The summed E-state index contributed by atoms with van der Waals surface area (Å²) in [5.74, 6) is 2.37. The van der Waals surface area contributed by atoms with Gasteiger partial charge in [0.25, 0.3) is 0 Å². The molecule has 1 saturated heterocycles. The lowest BCUT2D eigenvalue weighted by Gasteiger charge is -2.18. The monoisotopic (exact) mass is 335 g/mol. The number of hydrogen-bond acceptors (Lipinski definition) is 4. The molecule has 24 heavy (non-hydrogen) atoms. The molecule has 2 atom stereocenters. The van der Waals surface area contributed by atoms with Gasteiger partial charge in [-0.05, 0) is 38.3 Å². The quantitative estimate of drug-likeness (QED) is 0.563. The third-order valence-corrected chi connectivity index (χ3v) is 3.94. The molecule has 2 rings (SSSR count). The Labute approximate surface area is 144 Å². The molecule has 1 aromatic carbocycles. The average Bonchev–Trinajstić information content (AvgIpc) is 3.11. The number of hydrogen-bond donors (Lipinski definition) is 2. The van der Waals surface area contributed by atoms with Gasteiger partial charge in [-0.3, -0.25) is 4.99 Å². The highest BCUT2D eigenvalue weighted by Gasteiger charge is 2.15. The van der Waals surface area contributed by atoms with Crippen LogP contribution in [0.25, 0.3) is 0 Å². The van der Waals surface area contributed by atoms with Crippen LogP contribution >= 0.6 is 0 Å². The maximum absolute atomic E-state index is 5.89. The number of ether oxygens (including phenoxy) is 3. The highest BCUT2D eigenvalue weighted by molar-refractivity contribution is 5.79. The largest absolute Gasteiger partial charge is 0.497 e. The predicted molar refractivity (Wildman–Crippen MR) is 96.0 cm³/mol. The predicted octanol–water partition coefficient (Wildman–Crippen LogP) is 2.20. The lowest BCUT2D eigenvalue weighted by Crippen LogP contribution is -2.42. The Bertz CT molecular complexity index is 516. The van der Waals surface area contributed by atoms with Gasteiger partial charge in [-0.15, -0.1) is 0 Å². The fourth-order valence-corrected chi connectivity index (χ4v) is 2.63. The van der Waals surface area contributed by atoms with Crippen molar-refractivity contribution in [3.05, 3.63) is 24.3 Å². The molecule has 0 aromatic heterocycles. The second-order valence-electron chi connectivity index (χ2n) is 5.91. The molecule has 6 heteroatoms. The van der Waals surface area contributed by atoms with E-state index in [1.54, 1.807) is 14.2 Å². The van der Waals surface area contributed by atoms with Gasteiger partial charge in [0.05, 0.1) is 19.8 Å². The molecule has 1 heterocycles. The average molecular weight is 335 g/mol. The van der Waals surface area contributed by atoms with Gasteiger partial charge >= 0.3 is 0 Å². The van der Waals surface area contributed by atoms with E-state index >= 15 is 0 Å². The van der Waals surface area contributed by atoms with Crippen molar-refractivity contribution in [2.45, 2.75) is 38.4 Å². The van der Waals surface area contributed by atoms with E-state index in [2.05, 4.69) is 15.6 Å². The van der Waals surface area contributed by atoms with E-state index in [4.69, 9.17) is 14.2 Å². The zero-order chi connectivity index (χ0) is 17.2. The summed E-state index contributed by atoms with van der Waals surface area (Å²) < 4.78 is 16.7. The van der Waals surface area contributed by atoms with E-state index in [0.29, 0.717) is 12.6 Å². The molecule has 0 amide bonds. The van der Waals surface area contributed by atoms with Crippen LogP contribution in [0.15, 0.2) is 29.3 Å². The Balaban J connectivity index is 1.67. The zero-order valence-corrected chi connectivity index (χ0v) is 14.9. The van der Waals surface area contributed by atoms with E-state index in [-0.39, 0.29) is 6.10 Å². The van der Waals surface area contributed by atoms with E-state index in [0.717, 1.165) is 37.0 Å². The van der Waals surface area contributed by atoms with E-state index in [1.165, 1.54) is 12.8 Å². The van der Waals surface area contributed by atoms with E-state index in [1.807, 2.05) is 31.2 Å². The van der Waals surface area contributed by atoms with Gasteiger partial charge < -0.3 is 24.8 Å². The summed E-state index contributed by atoms with van der Waals surface area (Å²) in [7, 11) is 3.42. The molecule has 1 aliphatic heterocycles. The highest BCUT2D eigenvalue weighted by Crippen LogP contribution is 2.19. The first-order valence-electron chi connectivity index (χ1n) is 8.58. The minimum Gasteiger partial charge on any atom is -0.497 e. The fourth-order valence-electron chi connectivity index (χ4n) is 2.63. The van der Waals surface area contributed by atoms with Gasteiger partial charge in [0.2, 0.25) is 0 Å². The van der Waals surface area contributed by atoms with Crippen LogP contribution in [-0.4, -0.2) is 52.0 Å². The molecule has 0 saturated carbocycles. The molecule has 0 spiro atoms. The van der Waals surface area contributed by atoms with Crippen molar-refractivity contribution in [2.75, 3.05) is 33.9 Å². The van der Waals surface area contributed by atoms with Crippen molar-refractivity contribution >= 4 is 5.96 Å². The zero-order valence-electron chi connectivity index (χ0n) is 14.9. The molecule has 0 aliphatic carbocycles. The molecule has 134 valence electrons. The number of methoxy groups -OCH3 is 1. The van der Waals surface area contributed by atoms with Crippen molar-refractivity contribution in [2.24, 2.45) is 4.99 Å². The fraction of sp³-hybridized carbons (Fsp3) is 0.611. The summed E-state index contributed by atoms with van der Waals surface area (Å²) in [6.07, 6.45) is 3.76. The Morgan fingerprint density at radius 1 is 1.38 bits per heavy atom. The second-order valence-corrected chi connectivity index (χ2v) is 5.91. The lowest BCUT2D eigenvalue weighted by molar-refractivity contribution is 0.105. The number of guanidine groups is 1. The van der Waals surface area contributed by atoms with Crippen LogP contribution in [0.3, 0.4) is 0 Å². The van der Waals surface area contributed by atoms with Crippen LogP contribution in [0, 0.1) is 0 Å². The molecule has 1 fully saturated rings. The topological polar surface area (TPSA) is 64.1 Å². The van der Waals surface area contributed by atoms with Gasteiger partial charge in [0.15, 0.2) is 5.96 Å². The van der Waals surface area contributed by atoms with Crippen LogP contribution in [-0.2, 0) is 4.74 Å². The second kappa shape index (κ2) is 10.0. The molecule has 1 aromatic rings. The summed E-state index contributed by atoms with van der Waals surface area (Å²) in [6, 6.07) is 7.62. The van der Waals surface area contributed by atoms with Crippen molar-refractivity contribution in [1.29, 1.82) is 0 Å². The van der Waals surface area contributed by atoms with Gasteiger partial charge in [0.1, 0.15) is 17.6 Å². The van der Waals surface area contributed by atoms with Gasteiger partial charge in [0, 0.05) is 26.3 Å². The Morgan fingerprint density at radius 3 is 2.92 bits per heavy atom. The first kappa shape index (κ1) is 18.4. The SMILES string of the molecule is CN=C(NCCC1CCCO1)NCC(C)Oc1cccc(OC)c1. The summed E-state index contributed by atoms with van der Waals surface area (Å²) in [6.45, 7) is 4.44. The molecule has 2 N–H and O–H groups in total. The van der Waals surface area contributed by atoms with Gasteiger partial charge in [-0.2, -0.15) is 0 Å². The maximum Gasteiger partial charge on any atom is 0.191 e.